The Morgan fingerprint density at radius 2 is 2.28 bits per heavy atom. The van der Waals surface area contributed by atoms with Crippen LogP contribution in [0.25, 0.3) is 0 Å². The van der Waals surface area contributed by atoms with Gasteiger partial charge in [0.25, 0.3) is 0 Å². The maximum absolute atomic E-state index is 11.4. The van der Waals surface area contributed by atoms with E-state index in [-0.39, 0.29) is 5.91 Å². The average molecular weight is 267 g/mol. The summed E-state index contributed by atoms with van der Waals surface area (Å²) >= 11 is 5.99. The molecule has 1 unspecified atom stereocenters. The topological polar surface area (TPSA) is 63.4 Å². The maximum Gasteiger partial charge on any atom is 0.225 e. The summed E-state index contributed by atoms with van der Waals surface area (Å²) in [6.07, 6.45) is 1.44. The van der Waals surface area contributed by atoms with Gasteiger partial charge in [0.05, 0.1) is 16.0 Å². The van der Waals surface area contributed by atoms with Crippen LogP contribution in [0, 0.1) is 5.41 Å². The van der Waals surface area contributed by atoms with Crippen LogP contribution in [0.4, 0.5) is 5.69 Å². The van der Waals surface area contributed by atoms with Crippen molar-refractivity contribution in [2.75, 3.05) is 18.0 Å². The fourth-order valence-corrected chi connectivity index (χ4v) is 2.50. The van der Waals surface area contributed by atoms with Crippen LogP contribution in [0.1, 0.15) is 23.7 Å². The molecular weight excluding hydrogens is 252 g/mol. The van der Waals surface area contributed by atoms with Gasteiger partial charge in [-0.3, -0.25) is 9.59 Å². The molecule has 1 amide bonds. The number of carbonyl (C=O) groups excluding carboxylic acids is 2. The van der Waals surface area contributed by atoms with Crippen LogP contribution in [-0.2, 0) is 4.79 Å². The third-order valence-electron chi connectivity index (χ3n) is 3.56. The number of aldehydes is 1. The molecule has 0 aromatic heterocycles. The van der Waals surface area contributed by atoms with Crippen LogP contribution in [0.2, 0.25) is 5.02 Å². The van der Waals surface area contributed by atoms with Crippen molar-refractivity contribution in [1.29, 1.82) is 0 Å². The monoisotopic (exact) mass is 266 g/mol. The summed E-state index contributed by atoms with van der Waals surface area (Å²) in [6, 6.07) is 5.31. The maximum atomic E-state index is 11.4. The molecule has 0 bridgehead atoms. The normalized spacial score (nSPS) is 23.1. The zero-order valence-electron chi connectivity index (χ0n) is 10.1. The van der Waals surface area contributed by atoms with Gasteiger partial charge < -0.3 is 10.6 Å². The molecular formula is C13H15ClN2O2. The number of hydrogen-bond donors (Lipinski definition) is 1. The molecule has 2 N–H and O–H groups in total. The van der Waals surface area contributed by atoms with Gasteiger partial charge in [-0.15, -0.1) is 0 Å². The highest BCUT2D eigenvalue weighted by Gasteiger charge is 2.39. The number of nitrogens with two attached hydrogens (primary N) is 1. The number of amides is 1. The highest BCUT2D eigenvalue weighted by atomic mass is 35.5. The van der Waals surface area contributed by atoms with Gasteiger partial charge in [-0.05, 0) is 25.5 Å². The van der Waals surface area contributed by atoms with E-state index in [0.717, 1.165) is 12.0 Å². The van der Waals surface area contributed by atoms with Crippen molar-refractivity contribution in [3.8, 4) is 0 Å². The summed E-state index contributed by atoms with van der Waals surface area (Å²) < 4.78 is 0. The van der Waals surface area contributed by atoms with Crippen LogP contribution >= 0.6 is 11.6 Å². The molecule has 1 heterocycles. The lowest BCUT2D eigenvalue weighted by atomic mass is 9.89. The van der Waals surface area contributed by atoms with E-state index in [1.165, 1.54) is 0 Å². The van der Waals surface area contributed by atoms with E-state index < -0.39 is 5.41 Å². The van der Waals surface area contributed by atoms with Gasteiger partial charge in [0.1, 0.15) is 0 Å². The number of halogens is 1. The SMILES string of the molecule is CC1(C(N)=O)CCN(c2cccc(Cl)c2C=O)C1. The van der Waals surface area contributed by atoms with Crippen molar-refractivity contribution in [2.24, 2.45) is 11.1 Å². The van der Waals surface area contributed by atoms with E-state index in [1.54, 1.807) is 12.1 Å². The lowest BCUT2D eigenvalue weighted by Crippen LogP contribution is -2.37. The summed E-state index contributed by atoms with van der Waals surface area (Å²) in [5.41, 5.74) is 6.10. The average Bonchev–Trinajstić information content (AvgIpc) is 2.73. The van der Waals surface area contributed by atoms with Gasteiger partial charge in [0.15, 0.2) is 6.29 Å². The molecule has 2 rings (SSSR count). The molecule has 1 aliphatic rings. The van der Waals surface area contributed by atoms with E-state index in [0.29, 0.717) is 30.1 Å². The second-order valence-corrected chi connectivity index (χ2v) is 5.29. The molecule has 1 atom stereocenters. The molecule has 0 spiro atoms. The highest BCUT2D eigenvalue weighted by molar-refractivity contribution is 6.33. The Labute approximate surface area is 111 Å². The lowest BCUT2D eigenvalue weighted by Gasteiger charge is -2.23. The molecule has 18 heavy (non-hydrogen) atoms. The first-order chi connectivity index (χ1) is 8.48. The molecule has 1 aromatic carbocycles. The molecule has 1 aliphatic heterocycles. The first-order valence-electron chi connectivity index (χ1n) is 5.76. The Kier molecular flexibility index (Phi) is 3.30. The minimum Gasteiger partial charge on any atom is -0.370 e. The summed E-state index contributed by atoms with van der Waals surface area (Å²) in [4.78, 5) is 24.5. The molecule has 0 saturated carbocycles. The van der Waals surface area contributed by atoms with Crippen molar-refractivity contribution in [3.05, 3.63) is 28.8 Å². The minimum absolute atomic E-state index is 0.306. The van der Waals surface area contributed by atoms with Gasteiger partial charge in [-0.1, -0.05) is 17.7 Å². The Morgan fingerprint density at radius 1 is 1.56 bits per heavy atom. The van der Waals surface area contributed by atoms with Gasteiger partial charge in [-0.25, -0.2) is 0 Å². The van der Waals surface area contributed by atoms with Crippen molar-refractivity contribution in [1.82, 2.24) is 0 Å². The van der Waals surface area contributed by atoms with Crippen LogP contribution in [0.5, 0.6) is 0 Å². The van der Waals surface area contributed by atoms with Crippen molar-refractivity contribution in [2.45, 2.75) is 13.3 Å². The number of rotatable bonds is 3. The number of hydrogen-bond acceptors (Lipinski definition) is 3. The van der Waals surface area contributed by atoms with Crippen molar-refractivity contribution < 1.29 is 9.59 Å². The standard InChI is InChI=1S/C13H15ClN2O2/c1-13(12(15)18)5-6-16(8-13)11-4-2-3-10(14)9(11)7-17/h2-4,7H,5-6,8H2,1H3,(H2,15,18). The van der Waals surface area contributed by atoms with E-state index in [1.807, 2.05) is 17.9 Å². The number of nitrogens with zero attached hydrogens (tertiary/aromatic N) is 1. The first kappa shape index (κ1) is 12.9. The van der Waals surface area contributed by atoms with Crippen LogP contribution in [-0.4, -0.2) is 25.3 Å². The second-order valence-electron chi connectivity index (χ2n) is 4.89. The molecule has 1 fully saturated rings. The van der Waals surface area contributed by atoms with Gasteiger partial charge in [-0.2, -0.15) is 0 Å². The third kappa shape index (κ3) is 2.08. The van der Waals surface area contributed by atoms with Crippen molar-refractivity contribution in [3.63, 3.8) is 0 Å². The predicted molar refractivity (Wildman–Crippen MR) is 71.0 cm³/mol. The quantitative estimate of drug-likeness (QED) is 0.850. The van der Waals surface area contributed by atoms with E-state index >= 15 is 0 Å². The number of benzene rings is 1. The Balaban J connectivity index is 2.33. The largest absolute Gasteiger partial charge is 0.370 e. The molecule has 1 aromatic rings. The van der Waals surface area contributed by atoms with Gasteiger partial charge >= 0.3 is 0 Å². The highest BCUT2D eigenvalue weighted by Crippen LogP contribution is 2.35. The van der Waals surface area contributed by atoms with Crippen LogP contribution in [0.15, 0.2) is 18.2 Å². The van der Waals surface area contributed by atoms with Gasteiger partial charge in [0, 0.05) is 18.8 Å². The summed E-state index contributed by atoms with van der Waals surface area (Å²) in [6.45, 7) is 3.06. The van der Waals surface area contributed by atoms with Crippen molar-refractivity contribution >= 4 is 29.5 Å². The fraction of sp³-hybridized carbons (Fsp3) is 0.385. The predicted octanol–water partition coefficient (Wildman–Crippen LogP) is 1.85. The Morgan fingerprint density at radius 3 is 2.83 bits per heavy atom. The van der Waals surface area contributed by atoms with E-state index in [2.05, 4.69) is 0 Å². The first-order valence-corrected chi connectivity index (χ1v) is 6.14. The third-order valence-corrected chi connectivity index (χ3v) is 3.89. The zero-order chi connectivity index (χ0) is 13.3. The summed E-state index contributed by atoms with van der Waals surface area (Å²) in [5.74, 6) is -0.306. The molecule has 4 nitrogen and oxygen atoms in total. The molecule has 1 saturated heterocycles. The number of primary amides is 1. The summed E-state index contributed by atoms with van der Waals surface area (Å²) in [5, 5.41) is 0.426. The van der Waals surface area contributed by atoms with Crippen LogP contribution in [0.3, 0.4) is 0 Å². The van der Waals surface area contributed by atoms with Gasteiger partial charge in [0.2, 0.25) is 5.91 Å². The Hall–Kier alpha value is -1.55. The number of anilines is 1. The molecule has 96 valence electrons. The Bertz CT molecular complexity index is 504. The fourth-order valence-electron chi connectivity index (χ4n) is 2.29. The minimum atomic E-state index is -0.539. The lowest BCUT2D eigenvalue weighted by molar-refractivity contribution is -0.125. The van der Waals surface area contributed by atoms with E-state index in [4.69, 9.17) is 17.3 Å². The number of carbonyl (C=O) groups is 2. The van der Waals surface area contributed by atoms with Crippen LogP contribution < -0.4 is 10.6 Å². The zero-order valence-corrected chi connectivity index (χ0v) is 10.9. The molecule has 5 heteroatoms. The summed E-state index contributed by atoms with van der Waals surface area (Å²) in [7, 11) is 0. The molecule has 0 aliphatic carbocycles. The molecule has 0 radical (unpaired) electrons. The van der Waals surface area contributed by atoms with E-state index in [9.17, 15) is 9.59 Å². The smallest absolute Gasteiger partial charge is 0.225 e. The second kappa shape index (κ2) is 4.61.